The standard InChI is InChI=1S/C17H27N3O6/c21-15(19-24)9-13(8-4-7-12-5-2-1-3-6-12)17-18-14(20-26-17)10-25-11-16(22)23/h12-13,24H,1-11H2,(H,19,21)(H,22,23). The number of aliphatic carboxylic acids is 1. The van der Waals surface area contributed by atoms with Crippen molar-refractivity contribution in [3.05, 3.63) is 11.7 Å². The molecule has 1 aliphatic rings. The van der Waals surface area contributed by atoms with Crippen LogP contribution in [-0.2, 0) is 20.9 Å². The van der Waals surface area contributed by atoms with Crippen molar-refractivity contribution in [3.8, 4) is 0 Å². The Labute approximate surface area is 152 Å². The highest BCUT2D eigenvalue weighted by Gasteiger charge is 2.23. The van der Waals surface area contributed by atoms with Gasteiger partial charge in [0.25, 0.3) is 0 Å². The summed E-state index contributed by atoms with van der Waals surface area (Å²) in [6.45, 7) is -0.515. The lowest BCUT2D eigenvalue weighted by atomic mass is 9.84. The van der Waals surface area contributed by atoms with Crippen LogP contribution in [0.3, 0.4) is 0 Å². The molecule has 1 heterocycles. The van der Waals surface area contributed by atoms with Crippen LogP contribution in [0.2, 0.25) is 0 Å². The summed E-state index contributed by atoms with van der Waals surface area (Å²) >= 11 is 0. The number of hydrogen-bond donors (Lipinski definition) is 3. The molecule has 2 rings (SSSR count). The zero-order valence-electron chi connectivity index (χ0n) is 14.9. The number of rotatable bonds is 11. The van der Waals surface area contributed by atoms with Gasteiger partial charge in [0.1, 0.15) is 13.2 Å². The van der Waals surface area contributed by atoms with E-state index in [-0.39, 0.29) is 24.8 Å². The van der Waals surface area contributed by atoms with Crippen molar-refractivity contribution in [1.29, 1.82) is 0 Å². The van der Waals surface area contributed by atoms with Crippen molar-refractivity contribution in [2.24, 2.45) is 5.92 Å². The molecule has 1 amide bonds. The van der Waals surface area contributed by atoms with E-state index in [4.69, 9.17) is 19.6 Å². The highest BCUT2D eigenvalue weighted by Crippen LogP contribution is 2.31. The van der Waals surface area contributed by atoms with Crippen molar-refractivity contribution in [3.63, 3.8) is 0 Å². The van der Waals surface area contributed by atoms with E-state index in [9.17, 15) is 9.59 Å². The molecule has 1 aliphatic carbocycles. The Morgan fingerprint density at radius 3 is 2.77 bits per heavy atom. The van der Waals surface area contributed by atoms with Crippen LogP contribution in [-0.4, -0.2) is 38.9 Å². The largest absolute Gasteiger partial charge is 0.480 e. The Hall–Kier alpha value is -2.00. The number of amides is 1. The molecule has 0 bridgehead atoms. The maximum absolute atomic E-state index is 11.6. The van der Waals surface area contributed by atoms with Gasteiger partial charge in [0.05, 0.1) is 0 Å². The normalized spacial score (nSPS) is 16.3. The molecule has 0 radical (unpaired) electrons. The number of nitrogens with one attached hydrogen (secondary N) is 1. The van der Waals surface area contributed by atoms with E-state index in [1.807, 2.05) is 0 Å². The number of carbonyl (C=O) groups is 2. The average Bonchev–Trinajstić information content (AvgIpc) is 3.10. The number of carboxylic acids is 1. The van der Waals surface area contributed by atoms with Gasteiger partial charge in [-0.05, 0) is 12.3 Å². The minimum absolute atomic E-state index is 0.0543. The molecule has 146 valence electrons. The predicted octanol–water partition coefficient (Wildman–Crippen LogP) is 2.40. The first-order valence-electron chi connectivity index (χ1n) is 9.13. The fourth-order valence-electron chi connectivity index (χ4n) is 3.43. The Bertz CT molecular complexity index is 571. The van der Waals surface area contributed by atoms with Gasteiger partial charge in [0.2, 0.25) is 11.8 Å². The Morgan fingerprint density at radius 2 is 2.08 bits per heavy atom. The third-order valence-corrected chi connectivity index (χ3v) is 4.74. The molecule has 26 heavy (non-hydrogen) atoms. The lowest BCUT2D eigenvalue weighted by molar-refractivity contribution is -0.142. The summed E-state index contributed by atoms with van der Waals surface area (Å²) in [4.78, 5) is 26.2. The number of hydrogen-bond acceptors (Lipinski definition) is 7. The molecule has 1 atom stereocenters. The monoisotopic (exact) mass is 369 g/mol. The molecule has 1 aromatic heterocycles. The predicted molar refractivity (Wildman–Crippen MR) is 89.3 cm³/mol. The van der Waals surface area contributed by atoms with Crippen molar-refractivity contribution >= 4 is 11.9 Å². The zero-order chi connectivity index (χ0) is 18.8. The number of hydroxylamine groups is 1. The van der Waals surface area contributed by atoms with Crippen molar-refractivity contribution in [1.82, 2.24) is 15.6 Å². The number of carboxylic acid groups (broad SMARTS) is 1. The molecule has 9 heteroatoms. The van der Waals surface area contributed by atoms with Gasteiger partial charge in [-0.25, -0.2) is 10.3 Å². The zero-order valence-corrected chi connectivity index (χ0v) is 14.9. The highest BCUT2D eigenvalue weighted by molar-refractivity contribution is 5.75. The molecule has 0 saturated heterocycles. The summed E-state index contributed by atoms with van der Waals surface area (Å²) in [5, 5.41) is 21.1. The molecule has 0 aliphatic heterocycles. The van der Waals surface area contributed by atoms with E-state index in [0.717, 1.165) is 18.8 Å². The maximum atomic E-state index is 11.6. The average molecular weight is 369 g/mol. The molecular weight excluding hydrogens is 342 g/mol. The van der Waals surface area contributed by atoms with Crippen LogP contribution >= 0.6 is 0 Å². The van der Waals surface area contributed by atoms with Gasteiger partial charge in [-0.3, -0.25) is 10.0 Å². The van der Waals surface area contributed by atoms with E-state index >= 15 is 0 Å². The number of ether oxygens (including phenoxy) is 1. The maximum Gasteiger partial charge on any atom is 0.329 e. The summed E-state index contributed by atoms with van der Waals surface area (Å²) < 4.78 is 10.2. The van der Waals surface area contributed by atoms with Crippen LogP contribution < -0.4 is 5.48 Å². The van der Waals surface area contributed by atoms with Crippen LogP contribution in [0, 0.1) is 5.92 Å². The van der Waals surface area contributed by atoms with Crippen molar-refractivity contribution in [2.75, 3.05) is 6.61 Å². The smallest absolute Gasteiger partial charge is 0.329 e. The van der Waals surface area contributed by atoms with E-state index in [0.29, 0.717) is 12.3 Å². The Balaban J connectivity index is 1.87. The van der Waals surface area contributed by atoms with Crippen LogP contribution in [0.1, 0.15) is 75.4 Å². The molecule has 1 aromatic rings. The third kappa shape index (κ3) is 7.09. The summed E-state index contributed by atoms with van der Waals surface area (Å²) in [5.74, 6) is -0.567. The lowest BCUT2D eigenvalue weighted by Crippen LogP contribution is -2.21. The highest BCUT2D eigenvalue weighted by atomic mass is 16.5. The second-order valence-electron chi connectivity index (χ2n) is 6.81. The Morgan fingerprint density at radius 1 is 1.31 bits per heavy atom. The second kappa shape index (κ2) is 10.9. The van der Waals surface area contributed by atoms with Crippen LogP contribution in [0.25, 0.3) is 0 Å². The number of aromatic nitrogens is 2. The fourth-order valence-corrected chi connectivity index (χ4v) is 3.43. The minimum atomic E-state index is -1.08. The second-order valence-corrected chi connectivity index (χ2v) is 6.81. The molecular formula is C17H27N3O6. The van der Waals surface area contributed by atoms with E-state index in [2.05, 4.69) is 10.1 Å². The number of carbonyl (C=O) groups excluding carboxylic acids is 1. The van der Waals surface area contributed by atoms with Gasteiger partial charge in [0, 0.05) is 12.3 Å². The van der Waals surface area contributed by atoms with Gasteiger partial charge in [-0.2, -0.15) is 4.98 Å². The minimum Gasteiger partial charge on any atom is -0.480 e. The molecule has 1 fully saturated rings. The first-order valence-corrected chi connectivity index (χ1v) is 9.13. The van der Waals surface area contributed by atoms with Gasteiger partial charge in [-0.15, -0.1) is 0 Å². The molecule has 0 aromatic carbocycles. The first kappa shape index (κ1) is 20.3. The molecule has 3 N–H and O–H groups in total. The van der Waals surface area contributed by atoms with E-state index in [1.54, 1.807) is 5.48 Å². The topological polar surface area (TPSA) is 135 Å². The summed E-state index contributed by atoms with van der Waals surface area (Å²) in [7, 11) is 0. The van der Waals surface area contributed by atoms with Gasteiger partial charge in [0.15, 0.2) is 5.82 Å². The molecule has 9 nitrogen and oxygen atoms in total. The lowest BCUT2D eigenvalue weighted by Gasteiger charge is -2.22. The first-order chi connectivity index (χ1) is 12.6. The Kier molecular flexibility index (Phi) is 8.49. The van der Waals surface area contributed by atoms with Crippen LogP contribution in [0.5, 0.6) is 0 Å². The van der Waals surface area contributed by atoms with Crippen molar-refractivity contribution in [2.45, 2.75) is 70.3 Å². The van der Waals surface area contributed by atoms with Gasteiger partial charge in [-0.1, -0.05) is 50.1 Å². The van der Waals surface area contributed by atoms with Gasteiger partial charge >= 0.3 is 5.97 Å². The van der Waals surface area contributed by atoms with E-state index in [1.165, 1.54) is 32.1 Å². The van der Waals surface area contributed by atoms with E-state index < -0.39 is 18.5 Å². The number of nitrogens with zero attached hydrogens (tertiary/aromatic N) is 2. The molecule has 0 spiro atoms. The third-order valence-electron chi connectivity index (χ3n) is 4.74. The quantitative estimate of drug-likeness (QED) is 0.400. The molecule has 1 unspecified atom stereocenters. The van der Waals surface area contributed by atoms with Crippen LogP contribution in [0.15, 0.2) is 4.52 Å². The summed E-state index contributed by atoms with van der Waals surface area (Å²) in [6, 6.07) is 0. The fraction of sp³-hybridized carbons (Fsp3) is 0.765. The van der Waals surface area contributed by atoms with Crippen molar-refractivity contribution < 1.29 is 29.2 Å². The summed E-state index contributed by atoms with van der Waals surface area (Å²) in [6.07, 6.45) is 9.28. The van der Waals surface area contributed by atoms with Crippen LogP contribution in [0.4, 0.5) is 0 Å². The molecule has 1 saturated carbocycles. The van der Waals surface area contributed by atoms with Gasteiger partial charge < -0.3 is 14.4 Å². The SMILES string of the molecule is O=C(O)COCc1noc(C(CCCC2CCCCC2)CC(=O)NO)n1. The summed E-state index contributed by atoms with van der Waals surface area (Å²) in [5.41, 5.74) is 1.64.